The number of carbonyl (C=O) groups is 2. The summed E-state index contributed by atoms with van der Waals surface area (Å²) < 4.78 is 5.13. The minimum Gasteiger partial charge on any atom is -0.444 e. The van der Waals surface area contributed by atoms with E-state index in [4.69, 9.17) is 4.74 Å². The number of hydrogen-bond acceptors (Lipinski definition) is 5. The van der Waals surface area contributed by atoms with Crippen LogP contribution in [0, 0.1) is 0 Å². The predicted molar refractivity (Wildman–Crippen MR) is 98.5 cm³/mol. The van der Waals surface area contributed by atoms with Crippen LogP contribution in [0.2, 0.25) is 0 Å². The van der Waals surface area contributed by atoms with Crippen molar-refractivity contribution in [3.63, 3.8) is 0 Å². The summed E-state index contributed by atoms with van der Waals surface area (Å²) in [6, 6.07) is 3.20. The SMILES string of the molecule is CCN(CC)c1ccc(CNC(=O)[C@@H](C)NC(=O)OC(C)(C)C)cn1. The van der Waals surface area contributed by atoms with Crippen molar-refractivity contribution in [3.8, 4) is 0 Å². The smallest absolute Gasteiger partial charge is 0.408 e. The van der Waals surface area contributed by atoms with Gasteiger partial charge in [-0.25, -0.2) is 9.78 Å². The summed E-state index contributed by atoms with van der Waals surface area (Å²) in [6.45, 7) is 13.2. The fraction of sp³-hybridized carbons (Fsp3) is 0.611. The second kappa shape index (κ2) is 9.25. The largest absolute Gasteiger partial charge is 0.444 e. The van der Waals surface area contributed by atoms with Crippen LogP contribution in [0.5, 0.6) is 0 Å². The molecule has 0 aromatic carbocycles. The first-order valence-corrected chi connectivity index (χ1v) is 8.63. The molecule has 2 N–H and O–H groups in total. The summed E-state index contributed by atoms with van der Waals surface area (Å²) in [7, 11) is 0. The molecule has 1 heterocycles. The summed E-state index contributed by atoms with van der Waals surface area (Å²) >= 11 is 0. The van der Waals surface area contributed by atoms with Crippen molar-refractivity contribution >= 4 is 17.8 Å². The molecule has 0 fully saturated rings. The Morgan fingerprint density at radius 2 is 1.88 bits per heavy atom. The molecule has 0 aliphatic rings. The molecule has 2 amide bonds. The number of ether oxygens (including phenoxy) is 1. The van der Waals surface area contributed by atoms with Crippen molar-refractivity contribution < 1.29 is 14.3 Å². The molecule has 0 aliphatic heterocycles. The standard InChI is InChI=1S/C18H30N4O3/c1-7-22(8-2)15-10-9-14(11-19-15)12-20-16(23)13(3)21-17(24)25-18(4,5)6/h9-11,13H,7-8,12H2,1-6H3,(H,20,23)(H,21,24)/t13-/m1/s1. The molecular weight excluding hydrogens is 320 g/mol. The van der Waals surface area contributed by atoms with Gasteiger partial charge in [0.1, 0.15) is 17.5 Å². The van der Waals surface area contributed by atoms with Crippen LogP contribution in [0.4, 0.5) is 10.6 Å². The molecule has 0 saturated heterocycles. The Labute approximate surface area is 150 Å². The van der Waals surface area contributed by atoms with E-state index in [0.29, 0.717) is 6.54 Å². The molecule has 25 heavy (non-hydrogen) atoms. The van der Waals surface area contributed by atoms with Gasteiger partial charge in [0.05, 0.1) is 0 Å². The first-order chi connectivity index (χ1) is 11.7. The van der Waals surface area contributed by atoms with Gasteiger partial charge >= 0.3 is 6.09 Å². The zero-order valence-corrected chi connectivity index (χ0v) is 16.0. The van der Waals surface area contributed by atoms with E-state index in [9.17, 15) is 9.59 Å². The maximum atomic E-state index is 12.1. The molecular formula is C18H30N4O3. The Morgan fingerprint density at radius 1 is 1.24 bits per heavy atom. The molecule has 0 unspecified atom stereocenters. The third-order valence-electron chi connectivity index (χ3n) is 3.49. The van der Waals surface area contributed by atoms with Gasteiger partial charge in [0.15, 0.2) is 0 Å². The lowest BCUT2D eigenvalue weighted by molar-refractivity contribution is -0.122. The first kappa shape index (κ1) is 20.7. The zero-order valence-electron chi connectivity index (χ0n) is 16.0. The van der Waals surface area contributed by atoms with E-state index < -0.39 is 17.7 Å². The second-order valence-electron chi connectivity index (χ2n) is 6.78. The van der Waals surface area contributed by atoms with E-state index in [1.54, 1.807) is 33.9 Å². The summed E-state index contributed by atoms with van der Waals surface area (Å²) in [6.07, 6.45) is 1.14. The van der Waals surface area contributed by atoms with Gasteiger partial charge < -0.3 is 20.3 Å². The molecule has 0 radical (unpaired) electrons. The summed E-state index contributed by atoms with van der Waals surface area (Å²) in [5.41, 5.74) is 0.298. The van der Waals surface area contributed by atoms with Crippen molar-refractivity contribution in [2.45, 2.75) is 59.7 Å². The molecule has 1 aromatic heterocycles. The Hall–Kier alpha value is -2.31. The van der Waals surface area contributed by atoms with Gasteiger partial charge in [0.25, 0.3) is 0 Å². The van der Waals surface area contributed by atoms with E-state index in [-0.39, 0.29) is 5.91 Å². The van der Waals surface area contributed by atoms with Crippen LogP contribution in [-0.4, -0.2) is 41.7 Å². The van der Waals surface area contributed by atoms with E-state index in [1.807, 2.05) is 12.1 Å². The molecule has 1 rings (SSSR count). The molecule has 0 spiro atoms. The van der Waals surface area contributed by atoms with Crippen LogP contribution in [0.15, 0.2) is 18.3 Å². The highest BCUT2D eigenvalue weighted by atomic mass is 16.6. The first-order valence-electron chi connectivity index (χ1n) is 8.63. The van der Waals surface area contributed by atoms with Gasteiger partial charge in [-0.05, 0) is 53.2 Å². The lowest BCUT2D eigenvalue weighted by Gasteiger charge is -2.21. The predicted octanol–water partition coefficient (Wildman–Crippen LogP) is 2.46. The quantitative estimate of drug-likeness (QED) is 0.789. The van der Waals surface area contributed by atoms with Gasteiger partial charge in [-0.2, -0.15) is 0 Å². The van der Waals surface area contributed by atoms with Crippen molar-refractivity contribution in [2.24, 2.45) is 0 Å². The molecule has 7 heteroatoms. The number of nitrogens with one attached hydrogen (secondary N) is 2. The van der Waals surface area contributed by atoms with Gasteiger partial charge in [0.2, 0.25) is 5.91 Å². The van der Waals surface area contributed by atoms with Crippen LogP contribution >= 0.6 is 0 Å². The summed E-state index contributed by atoms with van der Waals surface area (Å²) in [5.74, 6) is 0.638. The maximum Gasteiger partial charge on any atom is 0.408 e. The van der Waals surface area contributed by atoms with Crippen molar-refractivity contribution in [3.05, 3.63) is 23.9 Å². The Bertz CT molecular complexity index is 563. The average molecular weight is 350 g/mol. The van der Waals surface area contributed by atoms with E-state index in [0.717, 1.165) is 24.5 Å². The second-order valence-corrected chi connectivity index (χ2v) is 6.78. The van der Waals surface area contributed by atoms with Crippen LogP contribution in [-0.2, 0) is 16.1 Å². The fourth-order valence-electron chi connectivity index (χ4n) is 2.15. The van der Waals surface area contributed by atoms with E-state index in [1.165, 1.54) is 0 Å². The zero-order chi connectivity index (χ0) is 19.0. The Morgan fingerprint density at radius 3 is 2.36 bits per heavy atom. The average Bonchev–Trinajstić information content (AvgIpc) is 2.53. The highest BCUT2D eigenvalue weighted by Crippen LogP contribution is 2.11. The third-order valence-corrected chi connectivity index (χ3v) is 3.49. The van der Waals surface area contributed by atoms with Gasteiger partial charge in [-0.3, -0.25) is 4.79 Å². The number of carbonyl (C=O) groups excluding carboxylic acids is 2. The van der Waals surface area contributed by atoms with Crippen molar-refractivity contribution in [1.82, 2.24) is 15.6 Å². The van der Waals surface area contributed by atoms with Gasteiger partial charge in [0, 0.05) is 25.8 Å². The Kier molecular flexibility index (Phi) is 7.67. The molecule has 0 saturated carbocycles. The molecule has 1 atom stereocenters. The van der Waals surface area contributed by atoms with Crippen LogP contribution in [0.3, 0.4) is 0 Å². The molecule has 140 valence electrons. The maximum absolute atomic E-state index is 12.1. The van der Waals surface area contributed by atoms with Crippen molar-refractivity contribution in [2.75, 3.05) is 18.0 Å². The number of pyridine rings is 1. The van der Waals surface area contributed by atoms with Crippen LogP contribution in [0.25, 0.3) is 0 Å². The molecule has 0 bridgehead atoms. The number of nitrogens with zero attached hydrogens (tertiary/aromatic N) is 2. The normalized spacial score (nSPS) is 12.2. The summed E-state index contributed by atoms with van der Waals surface area (Å²) in [5, 5.41) is 5.30. The van der Waals surface area contributed by atoms with Gasteiger partial charge in [-0.1, -0.05) is 6.07 Å². The van der Waals surface area contributed by atoms with Crippen LogP contribution < -0.4 is 15.5 Å². The number of rotatable bonds is 7. The highest BCUT2D eigenvalue weighted by molar-refractivity contribution is 5.85. The number of aromatic nitrogens is 1. The molecule has 0 aliphatic carbocycles. The lowest BCUT2D eigenvalue weighted by Crippen LogP contribution is -2.46. The fourth-order valence-corrected chi connectivity index (χ4v) is 2.15. The minimum atomic E-state index is -0.683. The number of anilines is 1. The van der Waals surface area contributed by atoms with Gasteiger partial charge in [-0.15, -0.1) is 0 Å². The minimum absolute atomic E-state index is 0.279. The Balaban J connectivity index is 2.49. The highest BCUT2D eigenvalue weighted by Gasteiger charge is 2.20. The topological polar surface area (TPSA) is 83.6 Å². The van der Waals surface area contributed by atoms with E-state index in [2.05, 4.69) is 34.4 Å². The monoisotopic (exact) mass is 350 g/mol. The van der Waals surface area contributed by atoms with Crippen LogP contribution in [0.1, 0.15) is 47.1 Å². The number of amides is 2. The molecule has 1 aromatic rings. The molecule has 7 nitrogen and oxygen atoms in total. The number of hydrogen-bond donors (Lipinski definition) is 2. The number of alkyl carbamates (subject to hydrolysis) is 1. The third kappa shape index (κ3) is 7.41. The lowest BCUT2D eigenvalue weighted by atomic mass is 10.2. The van der Waals surface area contributed by atoms with Crippen molar-refractivity contribution in [1.29, 1.82) is 0 Å². The summed E-state index contributed by atoms with van der Waals surface area (Å²) in [4.78, 5) is 30.3. The van der Waals surface area contributed by atoms with E-state index >= 15 is 0 Å².